The van der Waals surface area contributed by atoms with E-state index in [1.54, 1.807) is 12.1 Å². The summed E-state index contributed by atoms with van der Waals surface area (Å²) in [6.45, 7) is 6.79. The molecular formula is C24H32N2O5S. The number of thiophene rings is 1. The highest BCUT2D eigenvalue weighted by molar-refractivity contribution is 7.17. The second kappa shape index (κ2) is 9.40. The zero-order valence-electron chi connectivity index (χ0n) is 19.6. The Hall–Kier alpha value is -2.74. The van der Waals surface area contributed by atoms with Gasteiger partial charge in [-0.05, 0) is 48.3 Å². The fourth-order valence-electron chi connectivity index (χ4n) is 4.28. The van der Waals surface area contributed by atoms with E-state index < -0.39 is 5.91 Å². The normalized spacial score (nSPS) is 15.6. The van der Waals surface area contributed by atoms with Gasteiger partial charge >= 0.3 is 0 Å². The van der Waals surface area contributed by atoms with Crippen LogP contribution in [0.25, 0.3) is 0 Å². The number of ether oxygens (including phenoxy) is 3. The summed E-state index contributed by atoms with van der Waals surface area (Å²) >= 11 is 1.45. The molecule has 2 amide bonds. The second-order valence-corrected chi connectivity index (χ2v) is 9.83. The van der Waals surface area contributed by atoms with Gasteiger partial charge in [-0.15, -0.1) is 11.3 Å². The summed E-state index contributed by atoms with van der Waals surface area (Å²) in [5.41, 5.74) is 7.68. The maximum Gasteiger partial charge on any atom is 0.256 e. The van der Waals surface area contributed by atoms with E-state index in [1.807, 2.05) is 0 Å². The largest absolute Gasteiger partial charge is 0.493 e. The summed E-state index contributed by atoms with van der Waals surface area (Å²) in [6.07, 6.45) is 3.77. The van der Waals surface area contributed by atoms with Gasteiger partial charge in [-0.25, -0.2) is 0 Å². The average molecular weight is 461 g/mol. The van der Waals surface area contributed by atoms with Crippen LogP contribution in [0.3, 0.4) is 0 Å². The number of methoxy groups -OCH3 is 3. The quantitative estimate of drug-likeness (QED) is 0.596. The molecule has 0 fully saturated rings. The zero-order chi connectivity index (χ0) is 23.6. The third-order valence-corrected chi connectivity index (χ3v) is 7.85. The molecule has 32 heavy (non-hydrogen) atoms. The van der Waals surface area contributed by atoms with Crippen molar-refractivity contribution in [2.45, 2.75) is 46.5 Å². The predicted octanol–water partition coefficient (Wildman–Crippen LogP) is 4.67. The van der Waals surface area contributed by atoms with Gasteiger partial charge in [0.1, 0.15) is 5.00 Å². The molecule has 0 radical (unpaired) electrons. The molecule has 1 heterocycles. The van der Waals surface area contributed by atoms with Gasteiger partial charge in [0.15, 0.2) is 11.5 Å². The zero-order valence-corrected chi connectivity index (χ0v) is 20.4. The van der Waals surface area contributed by atoms with Gasteiger partial charge in [-0.1, -0.05) is 27.2 Å². The molecule has 3 N–H and O–H groups in total. The topological polar surface area (TPSA) is 99.9 Å². The maximum atomic E-state index is 13.1. The molecular weight excluding hydrogens is 428 g/mol. The highest BCUT2D eigenvalue weighted by atomic mass is 32.1. The Morgan fingerprint density at radius 1 is 1.16 bits per heavy atom. The fraction of sp³-hybridized carbons (Fsp3) is 0.500. The molecule has 1 aliphatic carbocycles. The van der Waals surface area contributed by atoms with Gasteiger partial charge in [-0.2, -0.15) is 0 Å². The summed E-state index contributed by atoms with van der Waals surface area (Å²) in [4.78, 5) is 26.5. The first-order valence-corrected chi connectivity index (χ1v) is 11.5. The van der Waals surface area contributed by atoms with Crippen molar-refractivity contribution in [1.29, 1.82) is 0 Å². The molecule has 1 aliphatic rings. The Morgan fingerprint density at radius 2 is 1.78 bits per heavy atom. The molecule has 3 rings (SSSR count). The summed E-state index contributed by atoms with van der Waals surface area (Å²) in [6, 6.07) is 3.15. The highest BCUT2D eigenvalue weighted by Gasteiger charge is 2.35. The SMILES string of the molecule is CCC(C)(C)C1CCc2c(sc(NC(=O)c3cc(OC)c(OC)c(OC)c3)c2C(N)=O)C1. The Balaban J connectivity index is 1.95. The Bertz CT molecular complexity index is 1000. The van der Waals surface area contributed by atoms with Crippen LogP contribution in [0.1, 0.15) is 64.8 Å². The number of nitrogens with one attached hydrogen (secondary N) is 1. The molecule has 0 bridgehead atoms. The van der Waals surface area contributed by atoms with Gasteiger partial charge in [0.25, 0.3) is 11.8 Å². The summed E-state index contributed by atoms with van der Waals surface area (Å²) in [5.74, 6) is 0.787. The molecule has 7 nitrogen and oxygen atoms in total. The summed E-state index contributed by atoms with van der Waals surface area (Å²) in [5, 5.41) is 3.40. The lowest BCUT2D eigenvalue weighted by Gasteiger charge is -2.36. The minimum absolute atomic E-state index is 0.216. The number of nitrogens with two attached hydrogens (primary N) is 1. The van der Waals surface area contributed by atoms with Crippen molar-refractivity contribution < 1.29 is 23.8 Å². The number of anilines is 1. The average Bonchev–Trinajstić information content (AvgIpc) is 3.14. The van der Waals surface area contributed by atoms with E-state index in [9.17, 15) is 9.59 Å². The predicted molar refractivity (Wildman–Crippen MR) is 126 cm³/mol. The number of primary amides is 1. The summed E-state index contributed by atoms with van der Waals surface area (Å²) in [7, 11) is 4.49. The number of hydrogen-bond acceptors (Lipinski definition) is 6. The van der Waals surface area contributed by atoms with Gasteiger partial charge < -0.3 is 25.3 Å². The van der Waals surface area contributed by atoms with Crippen molar-refractivity contribution in [3.8, 4) is 17.2 Å². The molecule has 1 unspecified atom stereocenters. The standard InChI is InChI=1S/C24H32N2O5S/c1-7-24(2,3)14-8-9-15-18(12-14)32-23(19(15)21(25)27)26-22(28)13-10-16(29-4)20(31-6)17(11-13)30-5/h10-11,14H,7-9,12H2,1-6H3,(H2,25,27)(H,26,28). The van der Waals surface area contributed by atoms with Crippen LogP contribution in [0, 0.1) is 11.3 Å². The molecule has 1 aromatic heterocycles. The third-order valence-electron chi connectivity index (χ3n) is 6.68. The van der Waals surface area contributed by atoms with Crippen LogP contribution in [-0.4, -0.2) is 33.1 Å². The van der Waals surface area contributed by atoms with E-state index in [2.05, 4.69) is 26.1 Å². The van der Waals surface area contributed by atoms with E-state index >= 15 is 0 Å². The monoisotopic (exact) mass is 460 g/mol. The van der Waals surface area contributed by atoms with Crippen LogP contribution in [0.2, 0.25) is 0 Å². The lowest BCUT2D eigenvalue weighted by atomic mass is 9.69. The molecule has 0 saturated heterocycles. The van der Waals surface area contributed by atoms with Crippen LogP contribution in [-0.2, 0) is 12.8 Å². The first kappa shape index (κ1) is 23.9. The molecule has 0 spiro atoms. The first-order chi connectivity index (χ1) is 15.2. The molecule has 0 saturated carbocycles. The van der Waals surface area contributed by atoms with E-state index in [1.165, 1.54) is 32.7 Å². The second-order valence-electron chi connectivity index (χ2n) is 8.72. The van der Waals surface area contributed by atoms with Crippen molar-refractivity contribution in [3.05, 3.63) is 33.7 Å². The fourth-order valence-corrected chi connectivity index (χ4v) is 5.61. The first-order valence-electron chi connectivity index (χ1n) is 10.7. The third kappa shape index (κ3) is 4.41. The van der Waals surface area contributed by atoms with Crippen LogP contribution < -0.4 is 25.3 Å². The molecule has 0 aliphatic heterocycles. The molecule has 2 aromatic rings. The number of benzene rings is 1. The Labute approximate surface area is 193 Å². The number of fused-ring (bicyclic) bond motifs is 1. The number of hydrogen-bond donors (Lipinski definition) is 2. The minimum atomic E-state index is -0.518. The number of amides is 2. The van der Waals surface area contributed by atoms with Crippen molar-refractivity contribution >= 4 is 28.2 Å². The van der Waals surface area contributed by atoms with Crippen LogP contribution in [0.15, 0.2) is 12.1 Å². The molecule has 8 heteroatoms. The van der Waals surface area contributed by atoms with Gasteiger partial charge in [-0.3, -0.25) is 9.59 Å². The summed E-state index contributed by atoms with van der Waals surface area (Å²) < 4.78 is 16.0. The van der Waals surface area contributed by atoms with Gasteiger partial charge in [0, 0.05) is 10.4 Å². The van der Waals surface area contributed by atoms with Crippen LogP contribution in [0.4, 0.5) is 5.00 Å². The lowest BCUT2D eigenvalue weighted by molar-refractivity contribution is 0.0999. The molecule has 1 atom stereocenters. The van der Waals surface area contributed by atoms with Crippen molar-refractivity contribution in [1.82, 2.24) is 0 Å². The van der Waals surface area contributed by atoms with Crippen molar-refractivity contribution in [3.63, 3.8) is 0 Å². The minimum Gasteiger partial charge on any atom is -0.493 e. The van der Waals surface area contributed by atoms with E-state index in [0.717, 1.165) is 36.1 Å². The van der Waals surface area contributed by atoms with Crippen molar-refractivity contribution in [2.24, 2.45) is 17.1 Å². The molecule has 1 aromatic carbocycles. The van der Waals surface area contributed by atoms with Crippen molar-refractivity contribution in [2.75, 3.05) is 26.6 Å². The van der Waals surface area contributed by atoms with Crippen LogP contribution >= 0.6 is 11.3 Å². The molecule has 174 valence electrons. The van der Waals surface area contributed by atoms with Gasteiger partial charge in [0.05, 0.1) is 26.9 Å². The lowest BCUT2D eigenvalue weighted by Crippen LogP contribution is -2.29. The van der Waals surface area contributed by atoms with Gasteiger partial charge in [0.2, 0.25) is 5.75 Å². The van der Waals surface area contributed by atoms with E-state index in [4.69, 9.17) is 19.9 Å². The van der Waals surface area contributed by atoms with Crippen LogP contribution in [0.5, 0.6) is 17.2 Å². The number of carbonyl (C=O) groups is 2. The number of rotatable bonds is 8. The smallest absolute Gasteiger partial charge is 0.256 e. The number of carbonyl (C=O) groups excluding carboxylic acids is 2. The van der Waals surface area contributed by atoms with E-state index in [0.29, 0.717) is 39.3 Å². The Kier molecular flexibility index (Phi) is 7.03. The van der Waals surface area contributed by atoms with E-state index in [-0.39, 0.29) is 11.3 Å². The Morgan fingerprint density at radius 3 is 2.28 bits per heavy atom. The highest BCUT2D eigenvalue weighted by Crippen LogP contribution is 2.45. The maximum absolute atomic E-state index is 13.1.